The van der Waals surface area contributed by atoms with E-state index in [4.69, 9.17) is 11.6 Å². The Morgan fingerprint density at radius 1 is 1.20 bits per heavy atom. The molecule has 1 amide bonds. The summed E-state index contributed by atoms with van der Waals surface area (Å²) in [4.78, 5) is 14.7. The van der Waals surface area contributed by atoms with Crippen LogP contribution in [0.15, 0.2) is 30.5 Å². The summed E-state index contributed by atoms with van der Waals surface area (Å²) in [5.74, 6) is 0.0872. The number of rotatable bonds is 5. The Morgan fingerprint density at radius 2 is 2.00 bits per heavy atom. The van der Waals surface area contributed by atoms with Gasteiger partial charge in [0.15, 0.2) is 0 Å². The van der Waals surface area contributed by atoms with Gasteiger partial charge in [-0.05, 0) is 56.4 Å². The van der Waals surface area contributed by atoms with Crippen LogP contribution < -0.4 is 5.32 Å². The lowest BCUT2D eigenvalue weighted by molar-refractivity contribution is 0.0793. The van der Waals surface area contributed by atoms with Crippen molar-refractivity contribution < 1.29 is 4.79 Å². The Bertz CT molecular complexity index is 763. The molecule has 1 aliphatic heterocycles. The first-order valence-electron chi connectivity index (χ1n) is 9.07. The number of anilines is 1. The highest BCUT2D eigenvalue weighted by atomic mass is 35.5. The summed E-state index contributed by atoms with van der Waals surface area (Å²) in [6, 6.07) is 8.02. The summed E-state index contributed by atoms with van der Waals surface area (Å²) in [5.41, 5.74) is 2.64. The molecule has 0 bridgehead atoms. The first-order valence-corrected chi connectivity index (χ1v) is 9.45. The molecule has 1 N–H and O–H groups in total. The van der Waals surface area contributed by atoms with E-state index < -0.39 is 0 Å². The number of likely N-dealkylation sites (tertiary alicyclic amines) is 1. The second-order valence-corrected chi connectivity index (χ2v) is 7.33. The predicted molar refractivity (Wildman–Crippen MR) is 99.0 cm³/mol. The van der Waals surface area contributed by atoms with Gasteiger partial charge in [-0.15, -0.1) is 0 Å². The van der Waals surface area contributed by atoms with Crippen LogP contribution in [0.5, 0.6) is 0 Å². The highest BCUT2D eigenvalue weighted by molar-refractivity contribution is 6.31. The van der Waals surface area contributed by atoms with E-state index in [-0.39, 0.29) is 5.91 Å². The van der Waals surface area contributed by atoms with Crippen molar-refractivity contribution >= 4 is 23.2 Å². The monoisotopic (exact) mass is 358 g/mol. The number of halogens is 1. The molecule has 0 spiro atoms. The zero-order valence-corrected chi connectivity index (χ0v) is 15.0. The largest absolute Gasteiger partial charge is 0.379 e. The zero-order valence-electron chi connectivity index (χ0n) is 14.2. The van der Waals surface area contributed by atoms with Gasteiger partial charge in [-0.3, -0.25) is 9.48 Å². The second kappa shape index (κ2) is 7.08. The van der Waals surface area contributed by atoms with Crippen molar-refractivity contribution in [3.63, 3.8) is 0 Å². The Morgan fingerprint density at radius 3 is 2.72 bits per heavy atom. The van der Waals surface area contributed by atoms with Crippen LogP contribution in [0.1, 0.15) is 54.2 Å². The average molecular weight is 359 g/mol. The van der Waals surface area contributed by atoms with E-state index in [1.54, 1.807) is 6.07 Å². The quantitative estimate of drug-likeness (QED) is 0.875. The van der Waals surface area contributed by atoms with Crippen LogP contribution in [0.25, 0.3) is 0 Å². The number of carbonyl (C=O) groups is 1. The van der Waals surface area contributed by atoms with Crippen LogP contribution in [-0.2, 0) is 6.54 Å². The van der Waals surface area contributed by atoms with Gasteiger partial charge in [0.25, 0.3) is 5.91 Å². The van der Waals surface area contributed by atoms with Gasteiger partial charge in [0.2, 0.25) is 0 Å². The number of nitrogens with one attached hydrogen (secondary N) is 1. The molecule has 0 radical (unpaired) electrons. The average Bonchev–Trinajstić information content (AvgIpc) is 3.23. The van der Waals surface area contributed by atoms with Crippen molar-refractivity contribution in [1.29, 1.82) is 0 Å². The number of amides is 1. The fourth-order valence-electron chi connectivity index (χ4n) is 3.57. The minimum Gasteiger partial charge on any atom is -0.379 e. The van der Waals surface area contributed by atoms with Gasteiger partial charge in [-0.2, -0.15) is 5.10 Å². The maximum atomic E-state index is 12.8. The van der Waals surface area contributed by atoms with Crippen molar-refractivity contribution in [2.45, 2.75) is 44.7 Å². The Labute approximate surface area is 153 Å². The molecule has 2 aromatic rings. The van der Waals surface area contributed by atoms with Crippen LogP contribution >= 0.6 is 11.6 Å². The molecule has 1 aliphatic carbocycles. The minimum atomic E-state index is 0.0872. The van der Waals surface area contributed by atoms with E-state index in [2.05, 4.69) is 15.1 Å². The predicted octanol–water partition coefficient (Wildman–Crippen LogP) is 4.11. The maximum Gasteiger partial charge on any atom is 0.255 e. The van der Waals surface area contributed by atoms with E-state index in [0.29, 0.717) is 23.2 Å². The fraction of sp³-hybridized carbons (Fsp3) is 0.474. The summed E-state index contributed by atoms with van der Waals surface area (Å²) in [7, 11) is 0. The van der Waals surface area contributed by atoms with Crippen LogP contribution in [0, 0.1) is 0 Å². The van der Waals surface area contributed by atoms with Gasteiger partial charge in [0.1, 0.15) is 0 Å². The molecule has 1 saturated heterocycles. The van der Waals surface area contributed by atoms with Crippen molar-refractivity contribution in [3.8, 4) is 0 Å². The number of hydrogen-bond donors (Lipinski definition) is 1. The summed E-state index contributed by atoms with van der Waals surface area (Å²) in [6.45, 7) is 2.32. The van der Waals surface area contributed by atoms with E-state index in [0.717, 1.165) is 37.3 Å². The molecule has 1 aromatic heterocycles. The number of benzene rings is 1. The van der Waals surface area contributed by atoms with E-state index in [9.17, 15) is 4.79 Å². The van der Waals surface area contributed by atoms with Crippen LogP contribution in [-0.4, -0.2) is 33.7 Å². The molecule has 132 valence electrons. The van der Waals surface area contributed by atoms with Gasteiger partial charge >= 0.3 is 0 Å². The lowest BCUT2D eigenvalue weighted by Gasteiger charge is -2.27. The molecule has 2 heterocycles. The minimum absolute atomic E-state index is 0.0872. The standard InChI is InChI=1S/C19H23ClN4O/c20-14-6-7-17(19(25)23-10-1-2-11-23)18(12-14)21-13-16-8-9-22-24(16)15-4-3-5-15/h6-9,12,15,21H,1-5,10-11,13H2. The summed E-state index contributed by atoms with van der Waals surface area (Å²) >= 11 is 6.17. The highest BCUT2D eigenvalue weighted by Crippen LogP contribution is 2.32. The normalized spacial score (nSPS) is 17.6. The van der Waals surface area contributed by atoms with Crippen molar-refractivity contribution in [2.75, 3.05) is 18.4 Å². The van der Waals surface area contributed by atoms with Crippen molar-refractivity contribution in [2.24, 2.45) is 0 Å². The maximum absolute atomic E-state index is 12.8. The van der Waals surface area contributed by atoms with Gasteiger partial charge < -0.3 is 10.2 Å². The lowest BCUT2D eigenvalue weighted by Crippen LogP contribution is -2.28. The Hall–Kier alpha value is -2.01. The molecule has 1 saturated carbocycles. The van der Waals surface area contributed by atoms with Gasteiger partial charge in [0, 0.05) is 30.0 Å². The number of aromatic nitrogens is 2. The molecule has 6 heteroatoms. The van der Waals surface area contributed by atoms with E-state index in [1.165, 1.54) is 19.3 Å². The molecular formula is C19H23ClN4O. The van der Waals surface area contributed by atoms with Crippen LogP contribution in [0.4, 0.5) is 5.69 Å². The van der Waals surface area contributed by atoms with Crippen LogP contribution in [0.2, 0.25) is 5.02 Å². The Kier molecular flexibility index (Phi) is 4.66. The van der Waals surface area contributed by atoms with Gasteiger partial charge in [-0.1, -0.05) is 11.6 Å². The lowest BCUT2D eigenvalue weighted by atomic mass is 9.93. The molecule has 5 nitrogen and oxygen atoms in total. The molecule has 4 rings (SSSR count). The third-order valence-electron chi connectivity index (χ3n) is 5.24. The zero-order chi connectivity index (χ0) is 17.2. The number of carbonyl (C=O) groups excluding carboxylic acids is 1. The summed E-state index contributed by atoms with van der Waals surface area (Å²) < 4.78 is 2.11. The Balaban J connectivity index is 1.52. The molecule has 1 aromatic carbocycles. The van der Waals surface area contributed by atoms with Crippen molar-refractivity contribution in [1.82, 2.24) is 14.7 Å². The third kappa shape index (κ3) is 3.38. The highest BCUT2D eigenvalue weighted by Gasteiger charge is 2.24. The molecule has 2 aliphatic rings. The van der Waals surface area contributed by atoms with E-state index >= 15 is 0 Å². The summed E-state index contributed by atoms with van der Waals surface area (Å²) in [5, 5.41) is 8.51. The molecule has 25 heavy (non-hydrogen) atoms. The molecular weight excluding hydrogens is 336 g/mol. The smallest absolute Gasteiger partial charge is 0.255 e. The first kappa shape index (κ1) is 16.5. The SMILES string of the molecule is O=C(c1ccc(Cl)cc1NCc1ccnn1C1CCC1)N1CCCC1. The molecule has 0 atom stereocenters. The van der Waals surface area contributed by atoms with E-state index in [1.807, 2.05) is 29.3 Å². The number of nitrogens with zero attached hydrogens (tertiary/aromatic N) is 3. The third-order valence-corrected chi connectivity index (χ3v) is 5.47. The first-order chi connectivity index (χ1) is 12.2. The number of hydrogen-bond acceptors (Lipinski definition) is 3. The summed E-state index contributed by atoms with van der Waals surface area (Å²) in [6.07, 6.45) is 7.70. The topological polar surface area (TPSA) is 50.2 Å². The van der Waals surface area contributed by atoms with Crippen molar-refractivity contribution in [3.05, 3.63) is 46.7 Å². The van der Waals surface area contributed by atoms with Gasteiger partial charge in [-0.25, -0.2) is 0 Å². The van der Waals surface area contributed by atoms with Gasteiger partial charge in [0.05, 0.1) is 23.8 Å². The molecule has 2 fully saturated rings. The fourth-order valence-corrected chi connectivity index (χ4v) is 3.74. The van der Waals surface area contributed by atoms with Crippen LogP contribution in [0.3, 0.4) is 0 Å². The second-order valence-electron chi connectivity index (χ2n) is 6.89. The molecule has 0 unspecified atom stereocenters.